The van der Waals surface area contributed by atoms with Crippen molar-refractivity contribution in [1.82, 2.24) is 5.32 Å². The average Bonchev–Trinajstić information content (AvgIpc) is 2.85. The maximum Gasteiger partial charge on any atom is 0.408 e. The van der Waals surface area contributed by atoms with Crippen LogP contribution in [0.4, 0.5) is 4.79 Å². The third-order valence-electron chi connectivity index (χ3n) is 5.40. The minimum atomic E-state index is -0.963. The van der Waals surface area contributed by atoms with Gasteiger partial charge < -0.3 is 23.9 Å². The number of hydrogen-bond acceptors (Lipinski definition) is 7. The fourth-order valence-corrected chi connectivity index (χ4v) is 3.53. The number of rotatable bonds is 6. The SMILES string of the molecule is COc1ccc2c(c1)c(=O)oc1c(C)c(OC(=O)C(C)NC(=O)OCc3ccccc3)ccc12. The number of nitrogens with one attached hydrogen (secondary N) is 1. The molecule has 1 atom stereocenters. The molecule has 0 saturated heterocycles. The van der Waals surface area contributed by atoms with Crippen LogP contribution in [-0.4, -0.2) is 25.2 Å². The van der Waals surface area contributed by atoms with E-state index < -0.39 is 23.7 Å². The molecule has 1 unspecified atom stereocenters. The van der Waals surface area contributed by atoms with Crippen molar-refractivity contribution in [1.29, 1.82) is 0 Å². The van der Waals surface area contributed by atoms with E-state index in [1.54, 1.807) is 37.3 Å². The van der Waals surface area contributed by atoms with Crippen LogP contribution in [0.15, 0.2) is 69.9 Å². The van der Waals surface area contributed by atoms with Gasteiger partial charge in [0, 0.05) is 16.3 Å². The second-order valence-electron chi connectivity index (χ2n) is 7.72. The van der Waals surface area contributed by atoms with Crippen LogP contribution in [0.25, 0.3) is 21.7 Å². The minimum absolute atomic E-state index is 0.0804. The lowest BCUT2D eigenvalue weighted by atomic mass is 10.0. The molecule has 4 rings (SSSR count). The van der Waals surface area contributed by atoms with E-state index in [0.717, 1.165) is 5.56 Å². The second kappa shape index (κ2) is 9.66. The molecule has 0 radical (unpaired) electrons. The first-order valence-electron chi connectivity index (χ1n) is 10.6. The first kappa shape index (κ1) is 22.8. The molecule has 34 heavy (non-hydrogen) atoms. The van der Waals surface area contributed by atoms with Gasteiger partial charge in [-0.3, -0.25) is 0 Å². The van der Waals surface area contributed by atoms with Crippen molar-refractivity contribution in [3.05, 3.63) is 82.2 Å². The molecule has 3 aromatic carbocycles. The summed E-state index contributed by atoms with van der Waals surface area (Å²) < 4.78 is 21.3. The topological polar surface area (TPSA) is 104 Å². The Bertz CT molecular complexity index is 1430. The summed E-state index contributed by atoms with van der Waals surface area (Å²) in [4.78, 5) is 37.1. The number of benzene rings is 3. The molecule has 1 heterocycles. The molecule has 8 nitrogen and oxygen atoms in total. The van der Waals surface area contributed by atoms with Gasteiger partial charge in [-0.2, -0.15) is 0 Å². The van der Waals surface area contributed by atoms with Gasteiger partial charge in [0.25, 0.3) is 0 Å². The largest absolute Gasteiger partial charge is 0.497 e. The van der Waals surface area contributed by atoms with E-state index in [0.29, 0.717) is 33.1 Å². The Balaban J connectivity index is 1.49. The highest BCUT2D eigenvalue weighted by molar-refractivity contribution is 6.06. The quantitative estimate of drug-likeness (QED) is 0.195. The molecule has 8 heteroatoms. The fraction of sp³-hybridized carbons (Fsp3) is 0.192. The van der Waals surface area contributed by atoms with Crippen molar-refractivity contribution in [3.63, 3.8) is 0 Å². The summed E-state index contributed by atoms with van der Waals surface area (Å²) in [5, 5.41) is 4.24. The highest BCUT2D eigenvalue weighted by atomic mass is 16.6. The summed E-state index contributed by atoms with van der Waals surface area (Å²) in [7, 11) is 1.52. The monoisotopic (exact) mass is 461 g/mol. The summed E-state index contributed by atoms with van der Waals surface area (Å²) in [5.41, 5.74) is 1.10. The molecule has 0 bridgehead atoms. The molecule has 174 valence electrons. The summed E-state index contributed by atoms with van der Waals surface area (Å²) in [6.45, 7) is 3.26. The van der Waals surface area contributed by atoms with Gasteiger partial charge in [0.05, 0.1) is 12.5 Å². The molecule has 1 N–H and O–H groups in total. The fourth-order valence-electron chi connectivity index (χ4n) is 3.53. The number of carbonyl (C=O) groups is 2. The van der Waals surface area contributed by atoms with Crippen molar-refractivity contribution in [3.8, 4) is 11.5 Å². The maximum atomic E-state index is 12.6. The van der Waals surface area contributed by atoms with Crippen LogP contribution in [-0.2, 0) is 16.1 Å². The van der Waals surface area contributed by atoms with E-state index in [9.17, 15) is 14.4 Å². The van der Waals surface area contributed by atoms with Crippen LogP contribution in [0.1, 0.15) is 18.1 Å². The number of esters is 1. The standard InChI is InChI=1S/C26H23NO7/c1-15-22(33-24(28)16(2)27-26(30)32-14-17-7-5-4-6-8-17)12-11-20-19-10-9-18(31-3)13-21(19)25(29)34-23(15)20/h4-13,16H,14H2,1-3H3,(H,27,30). The van der Waals surface area contributed by atoms with Gasteiger partial charge in [0.15, 0.2) is 0 Å². The lowest BCUT2D eigenvalue weighted by Gasteiger charge is -2.15. The van der Waals surface area contributed by atoms with Crippen molar-refractivity contribution < 1.29 is 28.2 Å². The zero-order valence-corrected chi connectivity index (χ0v) is 18.9. The Morgan fingerprint density at radius 3 is 2.47 bits per heavy atom. The van der Waals surface area contributed by atoms with Gasteiger partial charge in [-0.05, 0) is 49.7 Å². The Labute approximate surface area is 195 Å². The molecule has 0 aliphatic heterocycles. The number of amides is 1. The van der Waals surface area contributed by atoms with Gasteiger partial charge in [0.2, 0.25) is 0 Å². The van der Waals surface area contributed by atoms with Crippen LogP contribution in [0.2, 0.25) is 0 Å². The number of aryl methyl sites for hydroxylation is 1. The Morgan fingerprint density at radius 2 is 1.74 bits per heavy atom. The molecule has 1 aromatic heterocycles. The summed E-state index contributed by atoms with van der Waals surface area (Å²) >= 11 is 0. The first-order valence-corrected chi connectivity index (χ1v) is 10.6. The Morgan fingerprint density at radius 1 is 1.00 bits per heavy atom. The van der Waals surface area contributed by atoms with Crippen LogP contribution >= 0.6 is 0 Å². The van der Waals surface area contributed by atoms with E-state index in [1.165, 1.54) is 14.0 Å². The third kappa shape index (κ3) is 4.71. The van der Waals surface area contributed by atoms with E-state index in [4.69, 9.17) is 18.6 Å². The number of ether oxygens (including phenoxy) is 3. The molecular weight excluding hydrogens is 438 g/mol. The van der Waals surface area contributed by atoms with Gasteiger partial charge >= 0.3 is 17.7 Å². The first-order chi connectivity index (χ1) is 16.4. The van der Waals surface area contributed by atoms with E-state index in [1.807, 2.05) is 30.3 Å². The predicted molar refractivity (Wildman–Crippen MR) is 126 cm³/mol. The maximum absolute atomic E-state index is 12.6. The van der Waals surface area contributed by atoms with Crippen LogP contribution in [0.5, 0.6) is 11.5 Å². The van der Waals surface area contributed by atoms with Crippen molar-refractivity contribution in [2.45, 2.75) is 26.5 Å². The Hall–Kier alpha value is -4.33. The van der Waals surface area contributed by atoms with Crippen LogP contribution in [0.3, 0.4) is 0 Å². The van der Waals surface area contributed by atoms with Crippen molar-refractivity contribution >= 4 is 33.8 Å². The zero-order chi connectivity index (χ0) is 24.2. The molecule has 0 aliphatic rings. The smallest absolute Gasteiger partial charge is 0.408 e. The van der Waals surface area contributed by atoms with E-state index >= 15 is 0 Å². The molecule has 0 fully saturated rings. The normalized spacial score (nSPS) is 11.7. The number of alkyl carbamates (subject to hydrolysis) is 1. The van der Waals surface area contributed by atoms with Gasteiger partial charge in [-0.1, -0.05) is 30.3 Å². The van der Waals surface area contributed by atoms with Crippen LogP contribution in [0, 0.1) is 6.92 Å². The van der Waals surface area contributed by atoms with Gasteiger partial charge in [-0.25, -0.2) is 14.4 Å². The highest BCUT2D eigenvalue weighted by Crippen LogP contribution is 2.32. The molecule has 0 spiro atoms. The molecule has 4 aromatic rings. The van der Waals surface area contributed by atoms with Crippen molar-refractivity contribution in [2.24, 2.45) is 0 Å². The lowest BCUT2D eigenvalue weighted by Crippen LogP contribution is -2.41. The van der Waals surface area contributed by atoms with Crippen LogP contribution < -0.4 is 20.4 Å². The van der Waals surface area contributed by atoms with Gasteiger partial charge in [0.1, 0.15) is 29.7 Å². The zero-order valence-electron chi connectivity index (χ0n) is 18.9. The second-order valence-corrected chi connectivity index (χ2v) is 7.72. The number of carbonyl (C=O) groups excluding carboxylic acids is 2. The summed E-state index contributed by atoms with van der Waals surface area (Å²) in [5.74, 6) is 0.0806. The lowest BCUT2D eigenvalue weighted by molar-refractivity contribution is -0.136. The molecular formula is C26H23NO7. The average molecular weight is 461 g/mol. The van der Waals surface area contributed by atoms with E-state index in [2.05, 4.69) is 5.32 Å². The number of fused-ring (bicyclic) bond motifs is 3. The number of methoxy groups -OCH3 is 1. The summed E-state index contributed by atoms with van der Waals surface area (Å²) in [6, 6.07) is 16.7. The van der Waals surface area contributed by atoms with E-state index in [-0.39, 0.29) is 12.4 Å². The number of hydrogen-bond donors (Lipinski definition) is 1. The molecule has 0 saturated carbocycles. The Kier molecular flexibility index (Phi) is 6.49. The van der Waals surface area contributed by atoms with Crippen molar-refractivity contribution in [2.75, 3.05) is 7.11 Å². The van der Waals surface area contributed by atoms with Gasteiger partial charge in [-0.15, -0.1) is 0 Å². The summed E-state index contributed by atoms with van der Waals surface area (Å²) in [6.07, 6.45) is -0.739. The predicted octanol–water partition coefficient (Wildman–Crippen LogP) is 4.48. The molecule has 0 aliphatic carbocycles. The highest BCUT2D eigenvalue weighted by Gasteiger charge is 2.21. The minimum Gasteiger partial charge on any atom is -0.497 e. The molecule has 1 amide bonds. The third-order valence-corrected chi connectivity index (χ3v) is 5.40.